The van der Waals surface area contributed by atoms with Gasteiger partial charge in [-0.05, 0) is 30.3 Å². The van der Waals surface area contributed by atoms with Crippen LogP contribution < -0.4 is 5.73 Å². The number of nitrogens with two attached hydrogens (primary N) is 1. The molecule has 0 saturated heterocycles. The number of nitro benzene ring substituents is 1. The molecule has 8 heteroatoms. The van der Waals surface area contributed by atoms with Crippen LogP contribution in [0.15, 0.2) is 40.8 Å². The SMILES string of the molecule is Nc1cc2nc(-c3ccc(C(=O)O)cc3)oc2cc1[N+](=O)[O-]. The first-order valence-electron chi connectivity index (χ1n) is 6.14. The molecule has 0 saturated carbocycles. The predicted octanol–water partition coefficient (Wildman–Crippen LogP) is 2.68. The fourth-order valence-electron chi connectivity index (χ4n) is 2.02. The zero-order valence-corrected chi connectivity index (χ0v) is 11.0. The highest BCUT2D eigenvalue weighted by molar-refractivity contribution is 5.88. The van der Waals surface area contributed by atoms with Gasteiger partial charge in [0.1, 0.15) is 11.2 Å². The van der Waals surface area contributed by atoms with Crippen molar-refractivity contribution in [2.45, 2.75) is 0 Å². The van der Waals surface area contributed by atoms with Crippen molar-refractivity contribution in [3.8, 4) is 11.5 Å². The van der Waals surface area contributed by atoms with Gasteiger partial charge in [-0.2, -0.15) is 0 Å². The number of aromatic nitrogens is 1. The third kappa shape index (κ3) is 2.22. The van der Waals surface area contributed by atoms with E-state index in [0.717, 1.165) is 0 Å². The molecule has 0 aliphatic heterocycles. The van der Waals surface area contributed by atoms with Crippen LogP contribution >= 0.6 is 0 Å². The molecule has 0 atom stereocenters. The van der Waals surface area contributed by atoms with Gasteiger partial charge in [-0.1, -0.05) is 0 Å². The van der Waals surface area contributed by atoms with Crippen molar-refractivity contribution in [1.82, 2.24) is 4.98 Å². The summed E-state index contributed by atoms with van der Waals surface area (Å²) in [5.41, 5.74) is 6.67. The number of carbonyl (C=O) groups is 1. The standard InChI is InChI=1S/C14H9N3O5/c15-9-5-10-12(6-11(9)17(20)21)22-13(16-10)7-1-3-8(4-2-7)14(18)19/h1-6H,15H2,(H,18,19). The van der Waals surface area contributed by atoms with E-state index in [9.17, 15) is 14.9 Å². The maximum absolute atomic E-state index is 10.9. The number of aromatic carboxylic acids is 1. The molecule has 0 fully saturated rings. The Morgan fingerprint density at radius 1 is 1.27 bits per heavy atom. The van der Waals surface area contributed by atoms with E-state index in [1.54, 1.807) is 12.1 Å². The van der Waals surface area contributed by atoms with Crippen LogP contribution in [0, 0.1) is 10.1 Å². The summed E-state index contributed by atoms with van der Waals surface area (Å²) in [6.45, 7) is 0. The van der Waals surface area contributed by atoms with Crippen molar-refractivity contribution in [3.05, 3.63) is 52.1 Å². The summed E-state index contributed by atoms with van der Waals surface area (Å²) in [6.07, 6.45) is 0. The quantitative estimate of drug-likeness (QED) is 0.431. The number of carboxylic acids is 1. The number of hydrogen-bond acceptors (Lipinski definition) is 6. The van der Waals surface area contributed by atoms with E-state index >= 15 is 0 Å². The summed E-state index contributed by atoms with van der Waals surface area (Å²) in [4.78, 5) is 25.3. The summed E-state index contributed by atoms with van der Waals surface area (Å²) >= 11 is 0. The molecule has 0 amide bonds. The van der Waals surface area contributed by atoms with Crippen LogP contribution in [0.3, 0.4) is 0 Å². The van der Waals surface area contributed by atoms with E-state index in [2.05, 4.69) is 4.98 Å². The molecule has 0 aliphatic rings. The van der Waals surface area contributed by atoms with Crippen molar-refractivity contribution in [2.75, 3.05) is 5.73 Å². The first kappa shape index (κ1) is 13.6. The number of carboxylic acid groups (broad SMARTS) is 1. The van der Waals surface area contributed by atoms with Gasteiger partial charge in [-0.15, -0.1) is 0 Å². The fourth-order valence-corrected chi connectivity index (χ4v) is 2.02. The minimum Gasteiger partial charge on any atom is -0.478 e. The summed E-state index contributed by atoms with van der Waals surface area (Å²) in [5.74, 6) is -0.806. The Morgan fingerprint density at radius 3 is 2.55 bits per heavy atom. The third-order valence-corrected chi connectivity index (χ3v) is 3.11. The number of rotatable bonds is 3. The molecule has 22 heavy (non-hydrogen) atoms. The largest absolute Gasteiger partial charge is 0.478 e. The van der Waals surface area contributed by atoms with Gasteiger partial charge in [-0.3, -0.25) is 10.1 Å². The minimum absolute atomic E-state index is 0.00132. The number of nitro groups is 1. The summed E-state index contributed by atoms with van der Waals surface area (Å²) in [6, 6.07) is 8.52. The molecule has 1 aromatic heterocycles. The van der Waals surface area contributed by atoms with Gasteiger partial charge in [0, 0.05) is 5.56 Å². The first-order chi connectivity index (χ1) is 10.5. The maximum atomic E-state index is 10.9. The zero-order valence-electron chi connectivity index (χ0n) is 11.0. The lowest BCUT2D eigenvalue weighted by Crippen LogP contribution is -1.95. The highest BCUT2D eigenvalue weighted by Gasteiger charge is 2.17. The number of nitrogens with zero attached hydrogens (tertiary/aromatic N) is 2. The van der Waals surface area contributed by atoms with E-state index in [1.165, 1.54) is 24.3 Å². The lowest BCUT2D eigenvalue weighted by molar-refractivity contribution is -0.383. The topological polar surface area (TPSA) is 132 Å². The molecule has 0 radical (unpaired) electrons. The highest BCUT2D eigenvalue weighted by atomic mass is 16.6. The van der Waals surface area contributed by atoms with Crippen LogP contribution in [0.25, 0.3) is 22.6 Å². The lowest BCUT2D eigenvalue weighted by Gasteiger charge is -1.96. The Hall–Kier alpha value is -3.42. The van der Waals surface area contributed by atoms with Gasteiger partial charge in [0.05, 0.1) is 16.6 Å². The Bertz CT molecular complexity index is 899. The lowest BCUT2D eigenvalue weighted by atomic mass is 10.1. The molecular weight excluding hydrogens is 290 g/mol. The van der Waals surface area contributed by atoms with E-state index in [1.807, 2.05) is 0 Å². The molecule has 2 aromatic carbocycles. The van der Waals surface area contributed by atoms with Crippen molar-refractivity contribution in [3.63, 3.8) is 0 Å². The van der Waals surface area contributed by atoms with Gasteiger partial charge in [0.2, 0.25) is 5.89 Å². The molecule has 0 aliphatic carbocycles. The summed E-state index contributed by atoms with van der Waals surface area (Å²) < 4.78 is 5.48. The molecule has 8 nitrogen and oxygen atoms in total. The van der Waals surface area contributed by atoms with Crippen LogP contribution in [-0.4, -0.2) is 21.0 Å². The summed E-state index contributed by atoms with van der Waals surface area (Å²) in [7, 11) is 0. The van der Waals surface area contributed by atoms with E-state index in [0.29, 0.717) is 11.1 Å². The van der Waals surface area contributed by atoms with E-state index in [-0.39, 0.29) is 28.4 Å². The van der Waals surface area contributed by atoms with Crippen LogP contribution in [0.2, 0.25) is 0 Å². The second kappa shape index (κ2) is 4.85. The number of benzene rings is 2. The maximum Gasteiger partial charge on any atom is 0.335 e. The van der Waals surface area contributed by atoms with Gasteiger partial charge in [0.15, 0.2) is 5.58 Å². The van der Waals surface area contributed by atoms with Crippen molar-refractivity contribution < 1.29 is 19.2 Å². The smallest absolute Gasteiger partial charge is 0.335 e. The molecule has 0 unspecified atom stereocenters. The Kier molecular flexibility index (Phi) is 2.99. The zero-order chi connectivity index (χ0) is 15.9. The minimum atomic E-state index is -1.03. The summed E-state index contributed by atoms with van der Waals surface area (Å²) in [5, 5.41) is 19.7. The number of anilines is 1. The first-order valence-corrected chi connectivity index (χ1v) is 6.14. The van der Waals surface area contributed by atoms with Gasteiger partial charge in [0.25, 0.3) is 5.69 Å². The molecule has 110 valence electrons. The average Bonchev–Trinajstić information content (AvgIpc) is 2.89. The van der Waals surface area contributed by atoms with Crippen LogP contribution in [0.5, 0.6) is 0 Å². The van der Waals surface area contributed by atoms with Gasteiger partial charge >= 0.3 is 5.97 Å². The van der Waals surface area contributed by atoms with Crippen LogP contribution in [0.4, 0.5) is 11.4 Å². The van der Waals surface area contributed by atoms with Gasteiger partial charge < -0.3 is 15.3 Å². The molecule has 1 heterocycles. The van der Waals surface area contributed by atoms with E-state index < -0.39 is 10.9 Å². The van der Waals surface area contributed by atoms with Gasteiger partial charge in [-0.25, -0.2) is 9.78 Å². The molecule has 3 N–H and O–H groups in total. The number of nitrogen functional groups attached to an aromatic ring is 1. The number of fused-ring (bicyclic) bond motifs is 1. The number of hydrogen-bond donors (Lipinski definition) is 2. The van der Waals surface area contributed by atoms with Crippen LogP contribution in [0.1, 0.15) is 10.4 Å². The Morgan fingerprint density at radius 2 is 1.95 bits per heavy atom. The second-order valence-electron chi connectivity index (χ2n) is 4.54. The predicted molar refractivity (Wildman–Crippen MR) is 77.5 cm³/mol. The Labute approximate surface area is 122 Å². The van der Waals surface area contributed by atoms with Crippen molar-refractivity contribution in [2.24, 2.45) is 0 Å². The Balaban J connectivity index is 2.08. The second-order valence-corrected chi connectivity index (χ2v) is 4.54. The molecule has 0 spiro atoms. The molecule has 3 rings (SSSR count). The fraction of sp³-hybridized carbons (Fsp3) is 0. The van der Waals surface area contributed by atoms with Crippen molar-refractivity contribution >= 4 is 28.4 Å². The van der Waals surface area contributed by atoms with Crippen LogP contribution in [-0.2, 0) is 0 Å². The molecule has 3 aromatic rings. The third-order valence-electron chi connectivity index (χ3n) is 3.11. The normalized spacial score (nSPS) is 10.7. The average molecular weight is 299 g/mol. The molecule has 0 bridgehead atoms. The van der Waals surface area contributed by atoms with E-state index in [4.69, 9.17) is 15.3 Å². The highest BCUT2D eigenvalue weighted by Crippen LogP contribution is 2.31. The van der Waals surface area contributed by atoms with Crippen molar-refractivity contribution in [1.29, 1.82) is 0 Å². The monoisotopic (exact) mass is 299 g/mol. The number of oxazole rings is 1. The molecular formula is C14H9N3O5.